The average molecular weight is 376 g/mol. The predicted molar refractivity (Wildman–Crippen MR) is 97.6 cm³/mol. The number of nitrogens with one attached hydrogen (secondary N) is 1. The maximum Gasteiger partial charge on any atom is 0.341 e. The zero-order chi connectivity index (χ0) is 19.3. The third kappa shape index (κ3) is 3.88. The zero-order valence-electron chi connectivity index (χ0n) is 15.0. The number of hydrogen-bond acceptors (Lipinski definition) is 7. The Morgan fingerprint density at radius 3 is 2.46 bits per heavy atom. The summed E-state index contributed by atoms with van der Waals surface area (Å²) in [6.07, 6.45) is 4.16. The van der Waals surface area contributed by atoms with Gasteiger partial charge >= 0.3 is 5.97 Å². The van der Waals surface area contributed by atoms with Crippen LogP contribution in [-0.4, -0.2) is 52.9 Å². The number of hydrogen-bond donors (Lipinski definition) is 1. The van der Waals surface area contributed by atoms with Crippen molar-refractivity contribution in [2.75, 3.05) is 25.5 Å². The van der Waals surface area contributed by atoms with Crippen molar-refractivity contribution in [3.05, 3.63) is 40.3 Å². The molecule has 0 atom stereocenters. The number of methoxy groups -OCH3 is 1. The molecule has 0 spiro atoms. The molecule has 0 aliphatic heterocycles. The Balaban J connectivity index is 2.44. The minimum Gasteiger partial charge on any atom is -0.465 e. The van der Waals surface area contributed by atoms with Gasteiger partial charge in [-0.15, -0.1) is 11.3 Å². The summed E-state index contributed by atoms with van der Waals surface area (Å²) in [5, 5.41) is 2.89. The first kappa shape index (κ1) is 19.5. The number of thiophene rings is 1. The lowest BCUT2D eigenvalue weighted by molar-refractivity contribution is 0.0601. The number of nitrogens with zero attached hydrogens (tertiary/aromatic N) is 3. The van der Waals surface area contributed by atoms with Gasteiger partial charge in [-0.1, -0.05) is 0 Å². The van der Waals surface area contributed by atoms with Crippen molar-refractivity contribution in [2.24, 2.45) is 0 Å². The molecule has 2 rings (SSSR count). The average Bonchev–Trinajstić information content (AvgIpc) is 2.98. The fourth-order valence-electron chi connectivity index (χ4n) is 2.39. The van der Waals surface area contributed by atoms with E-state index in [1.54, 1.807) is 11.8 Å². The largest absolute Gasteiger partial charge is 0.465 e. The second kappa shape index (κ2) is 8.52. The Morgan fingerprint density at radius 2 is 1.92 bits per heavy atom. The van der Waals surface area contributed by atoms with Gasteiger partial charge in [0.2, 0.25) is 0 Å². The van der Waals surface area contributed by atoms with Crippen LogP contribution in [0.1, 0.15) is 49.9 Å². The van der Waals surface area contributed by atoms with E-state index in [1.165, 1.54) is 25.7 Å². The van der Waals surface area contributed by atoms with E-state index in [0.29, 0.717) is 23.5 Å². The molecule has 0 radical (unpaired) electrons. The summed E-state index contributed by atoms with van der Waals surface area (Å²) in [6.45, 7) is 6.51. The van der Waals surface area contributed by atoms with Gasteiger partial charge in [-0.25, -0.2) is 9.78 Å². The number of carbonyl (C=O) groups excluding carboxylic acids is 3. The molecule has 2 amide bonds. The quantitative estimate of drug-likeness (QED) is 0.777. The van der Waals surface area contributed by atoms with Gasteiger partial charge in [0.05, 0.1) is 23.7 Å². The lowest BCUT2D eigenvalue weighted by atomic mass is 10.1. The van der Waals surface area contributed by atoms with Crippen molar-refractivity contribution < 1.29 is 19.1 Å². The maximum atomic E-state index is 12.7. The van der Waals surface area contributed by atoms with Crippen LogP contribution in [0.5, 0.6) is 0 Å². The van der Waals surface area contributed by atoms with Crippen LogP contribution < -0.4 is 5.32 Å². The van der Waals surface area contributed by atoms with Crippen LogP contribution >= 0.6 is 11.3 Å². The number of anilines is 1. The third-order valence-electron chi connectivity index (χ3n) is 3.80. The van der Waals surface area contributed by atoms with Crippen LogP contribution in [0.4, 0.5) is 5.00 Å². The molecule has 0 fully saturated rings. The first-order valence-electron chi connectivity index (χ1n) is 8.02. The van der Waals surface area contributed by atoms with Crippen molar-refractivity contribution >= 4 is 34.1 Å². The van der Waals surface area contributed by atoms with E-state index in [0.717, 1.165) is 11.3 Å². The molecule has 2 heterocycles. The van der Waals surface area contributed by atoms with E-state index < -0.39 is 11.9 Å². The van der Waals surface area contributed by atoms with Crippen LogP contribution in [0.25, 0.3) is 0 Å². The smallest absolute Gasteiger partial charge is 0.341 e. The standard InChI is InChI=1S/C17H20N4O4S/c1-5-21(6-2)16(23)13-10(3)12(17(24)25-4)15(26-13)20-14(22)11-9-18-7-8-19-11/h7-9H,5-6H2,1-4H3,(H,20,22). The van der Waals surface area contributed by atoms with E-state index in [4.69, 9.17) is 4.74 Å². The Kier molecular flexibility index (Phi) is 6.40. The SMILES string of the molecule is CCN(CC)C(=O)c1sc(NC(=O)c2cnccn2)c(C(=O)OC)c1C. The Hall–Kier alpha value is -2.81. The summed E-state index contributed by atoms with van der Waals surface area (Å²) >= 11 is 1.05. The number of carbonyl (C=O) groups is 3. The second-order valence-corrected chi connectivity index (χ2v) is 6.29. The summed E-state index contributed by atoms with van der Waals surface area (Å²) < 4.78 is 4.81. The Labute approximate surface area is 155 Å². The molecule has 0 aromatic carbocycles. The first-order valence-corrected chi connectivity index (χ1v) is 8.84. The van der Waals surface area contributed by atoms with E-state index >= 15 is 0 Å². The fraction of sp³-hybridized carbons (Fsp3) is 0.353. The summed E-state index contributed by atoms with van der Waals surface area (Å²) in [5.41, 5.74) is 0.754. The highest BCUT2D eigenvalue weighted by Gasteiger charge is 2.28. The molecule has 0 aliphatic rings. The van der Waals surface area contributed by atoms with Crippen molar-refractivity contribution in [3.63, 3.8) is 0 Å². The topological polar surface area (TPSA) is 101 Å². The van der Waals surface area contributed by atoms with E-state index in [-0.39, 0.29) is 22.2 Å². The highest BCUT2D eigenvalue weighted by Crippen LogP contribution is 2.34. The fourth-order valence-corrected chi connectivity index (χ4v) is 3.55. The Morgan fingerprint density at radius 1 is 1.23 bits per heavy atom. The van der Waals surface area contributed by atoms with Gasteiger partial charge in [-0.3, -0.25) is 14.6 Å². The van der Waals surface area contributed by atoms with Crippen LogP contribution in [0.2, 0.25) is 0 Å². The molecular formula is C17H20N4O4S. The van der Waals surface area contributed by atoms with Crippen LogP contribution in [0.15, 0.2) is 18.6 Å². The highest BCUT2D eigenvalue weighted by molar-refractivity contribution is 7.18. The molecule has 0 saturated carbocycles. The number of esters is 1. The summed E-state index contributed by atoms with van der Waals surface area (Å²) in [4.78, 5) is 47.1. The molecule has 0 aliphatic carbocycles. The van der Waals surface area contributed by atoms with E-state index in [1.807, 2.05) is 13.8 Å². The molecule has 1 N–H and O–H groups in total. The predicted octanol–water partition coefficient (Wildman–Crippen LogP) is 2.37. The van der Waals surface area contributed by atoms with Gasteiger partial charge in [0, 0.05) is 25.5 Å². The van der Waals surface area contributed by atoms with Gasteiger partial charge in [0.15, 0.2) is 0 Å². The minimum absolute atomic E-state index is 0.103. The van der Waals surface area contributed by atoms with Crippen molar-refractivity contribution in [1.82, 2.24) is 14.9 Å². The van der Waals surface area contributed by atoms with E-state index in [9.17, 15) is 14.4 Å². The number of aromatic nitrogens is 2. The van der Waals surface area contributed by atoms with Crippen molar-refractivity contribution in [3.8, 4) is 0 Å². The monoisotopic (exact) mass is 376 g/mol. The molecule has 8 nitrogen and oxygen atoms in total. The number of amides is 2. The minimum atomic E-state index is -0.619. The number of ether oxygens (including phenoxy) is 1. The summed E-state index contributed by atoms with van der Waals surface area (Å²) in [6, 6.07) is 0. The first-order chi connectivity index (χ1) is 12.4. The maximum absolute atomic E-state index is 12.7. The van der Waals surface area contributed by atoms with Gasteiger partial charge in [-0.05, 0) is 26.3 Å². The molecule has 0 saturated heterocycles. The summed E-state index contributed by atoms with van der Waals surface area (Å²) in [5.74, 6) is -1.33. The van der Waals surface area contributed by atoms with Gasteiger partial charge < -0.3 is 15.0 Å². The normalized spacial score (nSPS) is 10.3. The van der Waals surface area contributed by atoms with Gasteiger partial charge in [-0.2, -0.15) is 0 Å². The van der Waals surface area contributed by atoms with Gasteiger partial charge in [0.1, 0.15) is 10.7 Å². The zero-order valence-corrected chi connectivity index (χ0v) is 15.8. The highest BCUT2D eigenvalue weighted by atomic mass is 32.1. The molecule has 0 unspecified atom stereocenters. The van der Waals surface area contributed by atoms with Crippen molar-refractivity contribution in [2.45, 2.75) is 20.8 Å². The molecule has 26 heavy (non-hydrogen) atoms. The molecule has 0 bridgehead atoms. The van der Waals surface area contributed by atoms with Crippen LogP contribution in [0, 0.1) is 6.92 Å². The molecular weight excluding hydrogens is 356 g/mol. The van der Waals surface area contributed by atoms with Crippen molar-refractivity contribution in [1.29, 1.82) is 0 Å². The molecule has 2 aromatic rings. The lowest BCUT2D eigenvalue weighted by Gasteiger charge is -2.17. The molecule has 2 aromatic heterocycles. The second-order valence-electron chi connectivity index (χ2n) is 5.27. The van der Waals surface area contributed by atoms with Crippen LogP contribution in [-0.2, 0) is 4.74 Å². The summed E-state index contributed by atoms with van der Waals surface area (Å²) in [7, 11) is 1.25. The molecule has 9 heteroatoms. The van der Waals surface area contributed by atoms with E-state index in [2.05, 4.69) is 15.3 Å². The molecule has 138 valence electrons. The number of rotatable bonds is 6. The Bertz CT molecular complexity index is 816. The third-order valence-corrected chi connectivity index (χ3v) is 5.00. The lowest BCUT2D eigenvalue weighted by Crippen LogP contribution is -2.30. The van der Waals surface area contributed by atoms with Crippen LogP contribution in [0.3, 0.4) is 0 Å². The van der Waals surface area contributed by atoms with Gasteiger partial charge in [0.25, 0.3) is 11.8 Å².